The number of benzene rings is 2. The second-order valence-electron chi connectivity index (χ2n) is 10.2. The summed E-state index contributed by atoms with van der Waals surface area (Å²) in [6.45, 7) is 6.57. The van der Waals surface area contributed by atoms with Crippen LogP contribution in [0.4, 0.5) is 10.6 Å². The fraction of sp³-hybridized carbons (Fsp3) is 0.286. The summed E-state index contributed by atoms with van der Waals surface area (Å²) in [6, 6.07) is 19.4. The number of nitrogens with one attached hydrogen (secondary N) is 1. The Hall–Kier alpha value is -4.40. The van der Waals surface area contributed by atoms with E-state index in [0.717, 1.165) is 21.4 Å². The molecule has 0 saturated heterocycles. The summed E-state index contributed by atoms with van der Waals surface area (Å²) in [4.78, 5) is 36.0. The van der Waals surface area contributed by atoms with Crippen molar-refractivity contribution >= 4 is 28.7 Å². The van der Waals surface area contributed by atoms with Gasteiger partial charge < -0.3 is 15.2 Å². The molecule has 190 valence electrons. The number of amides is 2. The third kappa shape index (κ3) is 4.37. The average molecular weight is 500 g/mol. The number of methoxy groups -OCH3 is 1. The molecular weight excluding hydrogens is 470 g/mol. The summed E-state index contributed by atoms with van der Waals surface area (Å²) in [7, 11) is 1.56. The number of carbonyl (C=O) groups is 2. The number of imide groups is 1. The van der Waals surface area contributed by atoms with Crippen molar-refractivity contribution in [3.05, 3.63) is 77.5 Å². The largest absolute Gasteiger partial charge is 0.482 e. The topological polar surface area (TPSA) is 110 Å². The lowest BCUT2D eigenvalue weighted by Gasteiger charge is -2.39. The molecule has 2 amide bonds. The number of para-hydroxylation sites is 1. The zero-order valence-corrected chi connectivity index (χ0v) is 21.2. The highest BCUT2D eigenvalue weighted by molar-refractivity contribution is 6.04. The van der Waals surface area contributed by atoms with E-state index >= 15 is 0 Å². The molecule has 0 aliphatic carbocycles. The van der Waals surface area contributed by atoms with Crippen LogP contribution in [0.5, 0.6) is 5.88 Å². The second kappa shape index (κ2) is 9.24. The minimum Gasteiger partial charge on any atom is -0.482 e. The Morgan fingerprint density at radius 3 is 2.49 bits per heavy atom. The fourth-order valence-corrected chi connectivity index (χ4v) is 4.81. The molecule has 5 rings (SSSR count). The Kier molecular flexibility index (Phi) is 6.07. The maximum absolute atomic E-state index is 13.5. The molecule has 1 unspecified atom stereocenters. The van der Waals surface area contributed by atoms with E-state index < -0.39 is 12.0 Å². The lowest BCUT2D eigenvalue weighted by atomic mass is 9.74. The minimum atomic E-state index is -1.30. The van der Waals surface area contributed by atoms with E-state index in [-0.39, 0.29) is 29.5 Å². The van der Waals surface area contributed by atoms with Crippen molar-refractivity contribution in [2.75, 3.05) is 19.0 Å². The van der Waals surface area contributed by atoms with Crippen LogP contribution in [0, 0.1) is 5.41 Å². The Balaban J connectivity index is 1.75. The minimum absolute atomic E-state index is 0.0309. The molecule has 3 heterocycles. The van der Waals surface area contributed by atoms with Gasteiger partial charge in [0.05, 0.1) is 12.6 Å². The van der Waals surface area contributed by atoms with Gasteiger partial charge in [0.25, 0.3) is 5.91 Å². The highest BCUT2D eigenvalue weighted by Gasteiger charge is 2.43. The molecule has 0 fully saturated rings. The summed E-state index contributed by atoms with van der Waals surface area (Å²) in [5.74, 6) is 0.250. The number of carboxylic acid groups (broad SMARTS) is 1. The van der Waals surface area contributed by atoms with Crippen LogP contribution in [0.2, 0.25) is 0 Å². The van der Waals surface area contributed by atoms with Crippen molar-refractivity contribution in [2.45, 2.75) is 33.2 Å². The van der Waals surface area contributed by atoms with Gasteiger partial charge in [-0.1, -0.05) is 69.3 Å². The highest BCUT2D eigenvalue weighted by Crippen LogP contribution is 2.44. The van der Waals surface area contributed by atoms with Gasteiger partial charge in [-0.2, -0.15) is 4.98 Å². The zero-order valence-electron chi connectivity index (χ0n) is 21.2. The molecule has 2 aromatic heterocycles. The quantitative estimate of drug-likeness (QED) is 0.383. The number of aromatic nitrogens is 3. The van der Waals surface area contributed by atoms with Crippen LogP contribution in [0.3, 0.4) is 0 Å². The number of anilines is 1. The number of carbonyl (C=O) groups excluding carboxylic acids is 1. The third-order valence-electron chi connectivity index (χ3n) is 6.76. The van der Waals surface area contributed by atoms with E-state index in [4.69, 9.17) is 9.72 Å². The van der Waals surface area contributed by atoms with E-state index in [2.05, 4.69) is 10.3 Å². The summed E-state index contributed by atoms with van der Waals surface area (Å²) >= 11 is 0. The number of hydrogen-bond donors (Lipinski definition) is 2. The van der Waals surface area contributed by atoms with Crippen molar-refractivity contribution in [1.29, 1.82) is 0 Å². The standard InChI is InChI=1S/C28H29N5O4/c1-28(2,3)19-16-32(27(35)36)25(34)23-22(19)24(29-15-17-10-6-5-7-11-17)31-26(30-23)33-20-13-9-8-12-18(20)14-21(33)37-4/h5-14,19H,15-16H2,1-4H3,(H,35,36)(H,29,30,31). The predicted molar refractivity (Wildman–Crippen MR) is 140 cm³/mol. The predicted octanol–water partition coefficient (Wildman–Crippen LogP) is 5.30. The van der Waals surface area contributed by atoms with Gasteiger partial charge in [-0.05, 0) is 17.0 Å². The van der Waals surface area contributed by atoms with Crippen LogP contribution in [0.15, 0.2) is 60.7 Å². The summed E-state index contributed by atoms with van der Waals surface area (Å²) < 4.78 is 7.37. The Morgan fingerprint density at radius 2 is 1.81 bits per heavy atom. The van der Waals surface area contributed by atoms with E-state index in [9.17, 15) is 14.7 Å². The van der Waals surface area contributed by atoms with Gasteiger partial charge in [0.15, 0.2) is 0 Å². The lowest BCUT2D eigenvalue weighted by Crippen LogP contribution is -2.47. The van der Waals surface area contributed by atoms with Gasteiger partial charge in [-0.3, -0.25) is 4.79 Å². The molecule has 4 aromatic rings. The zero-order chi connectivity index (χ0) is 26.3. The monoisotopic (exact) mass is 499 g/mol. The molecule has 0 bridgehead atoms. The number of rotatable bonds is 5. The van der Waals surface area contributed by atoms with Gasteiger partial charge in [0, 0.05) is 36.0 Å². The van der Waals surface area contributed by atoms with Crippen molar-refractivity contribution in [3.8, 4) is 11.8 Å². The van der Waals surface area contributed by atoms with Crippen LogP contribution in [-0.4, -0.2) is 50.2 Å². The highest BCUT2D eigenvalue weighted by atomic mass is 16.5. The Labute approximate surface area is 214 Å². The van der Waals surface area contributed by atoms with Crippen molar-refractivity contribution in [2.24, 2.45) is 5.41 Å². The SMILES string of the molecule is COc1cc2ccccc2n1-c1nc(NCc2ccccc2)c2c(n1)C(=O)N(C(=O)O)CC2C(C)(C)C. The van der Waals surface area contributed by atoms with Crippen LogP contribution in [0.1, 0.15) is 48.3 Å². The first kappa shape index (κ1) is 24.3. The van der Waals surface area contributed by atoms with Crippen molar-refractivity contribution in [3.63, 3.8) is 0 Å². The molecule has 2 N–H and O–H groups in total. The normalized spacial score (nSPS) is 15.5. The van der Waals surface area contributed by atoms with Gasteiger partial charge in [0.1, 0.15) is 11.5 Å². The van der Waals surface area contributed by atoms with Crippen molar-refractivity contribution < 1.29 is 19.4 Å². The number of fused-ring (bicyclic) bond motifs is 2. The van der Waals surface area contributed by atoms with E-state index in [1.165, 1.54) is 0 Å². The first-order chi connectivity index (χ1) is 17.7. The molecule has 37 heavy (non-hydrogen) atoms. The maximum atomic E-state index is 13.5. The maximum Gasteiger partial charge on any atom is 0.414 e. The molecule has 0 radical (unpaired) electrons. The molecule has 2 aromatic carbocycles. The average Bonchev–Trinajstić information content (AvgIpc) is 3.26. The van der Waals surface area contributed by atoms with Crippen LogP contribution in [0.25, 0.3) is 16.9 Å². The van der Waals surface area contributed by atoms with Gasteiger partial charge in [0.2, 0.25) is 11.8 Å². The first-order valence-electron chi connectivity index (χ1n) is 12.1. The van der Waals surface area contributed by atoms with Gasteiger partial charge in [-0.25, -0.2) is 19.2 Å². The number of ether oxygens (including phenoxy) is 1. The molecule has 1 aliphatic heterocycles. The molecule has 1 atom stereocenters. The van der Waals surface area contributed by atoms with E-state index in [1.54, 1.807) is 11.7 Å². The van der Waals surface area contributed by atoms with Crippen LogP contribution in [-0.2, 0) is 6.54 Å². The lowest BCUT2D eigenvalue weighted by molar-refractivity contribution is 0.0665. The number of nitrogens with zero attached hydrogens (tertiary/aromatic N) is 4. The van der Waals surface area contributed by atoms with Gasteiger partial charge >= 0.3 is 6.09 Å². The molecule has 1 aliphatic rings. The molecule has 0 spiro atoms. The van der Waals surface area contributed by atoms with Crippen LogP contribution < -0.4 is 10.1 Å². The first-order valence-corrected chi connectivity index (χ1v) is 12.1. The smallest absolute Gasteiger partial charge is 0.414 e. The van der Waals surface area contributed by atoms with E-state index in [1.807, 2.05) is 81.4 Å². The number of hydrogen-bond acceptors (Lipinski definition) is 6. The van der Waals surface area contributed by atoms with Crippen molar-refractivity contribution in [1.82, 2.24) is 19.4 Å². The Morgan fingerprint density at radius 1 is 1.11 bits per heavy atom. The molecule has 9 heteroatoms. The second-order valence-corrected chi connectivity index (χ2v) is 10.2. The van der Waals surface area contributed by atoms with Gasteiger partial charge in [-0.15, -0.1) is 0 Å². The Bertz CT molecular complexity index is 1490. The van der Waals surface area contributed by atoms with E-state index in [0.29, 0.717) is 23.8 Å². The third-order valence-corrected chi connectivity index (χ3v) is 6.76. The molecular formula is C28H29N5O4. The molecule has 0 saturated carbocycles. The summed E-state index contributed by atoms with van der Waals surface area (Å²) in [6.07, 6.45) is -1.30. The summed E-state index contributed by atoms with van der Waals surface area (Å²) in [5, 5.41) is 14.2. The van der Waals surface area contributed by atoms with Crippen LogP contribution >= 0.6 is 0 Å². The molecule has 9 nitrogen and oxygen atoms in total. The fourth-order valence-electron chi connectivity index (χ4n) is 4.81. The summed E-state index contributed by atoms with van der Waals surface area (Å²) in [5.41, 5.74) is 2.19.